The van der Waals surface area contributed by atoms with E-state index in [4.69, 9.17) is 0 Å². The maximum atomic E-state index is 13.6. The number of benzene rings is 1. The van der Waals surface area contributed by atoms with Crippen LogP contribution in [0, 0.1) is 19.8 Å². The number of halogens is 1. The molecule has 1 aliphatic heterocycles. The first-order valence-electron chi connectivity index (χ1n) is 8.90. The predicted molar refractivity (Wildman–Crippen MR) is 97.4 cm³/mol. The van der Waals surface area contributed by atoms with Gasteiger partial charge in [0.05, 0.1) is 18.6 Å². The molecule has 2 N–H and O–H groups in total. The second-order valence-electron chi connectivity index (χ2n) is 7.13. The third-order valence-electron chi connectivity index (χ3n) is 5.11. The molecule has 7 heteroatoms. The summed E-state index contributed by atoms with van der Waals surface area (Å²) < 4.78 is 13.6. The molecule has 26 heavy (non-hydrogen) atoms. The van der Waals surface area contributed by atoms with Crippen LogP contribution in [0.4, 0.5) is 4.39 Å². The van der Waals surface area contributed by atoms with Crippen molar-refractivity contribution in [2.45, 2.75) is 26.3 Å². The van der Waals surface area contributed by atoms with E-state index >= 15 is 0 Å². The van der Waals surface area contributed by atoms with E-state index in [0.717, 1.165) is 41.6 Å². The number of aromatic nitrogens is 5. The van der Waals surface area contributed by atoms with Gasteiger partial charge in [-0.1, -0.05) is 29.8 Å². The maximum Gasteiger partial charge on any atom is 0.155 e. The van der Waals surface area contributed by atoms with Gasteiger partial charge in [-0.25, -0.2) is 4.98 Å². The molecule has 0 amide bonds. The molecule has 0 bridgehead atoms. The van der Waals surface area contributed by atoms with Crippen LogP contribution in [0.2, 0.25) is 0 Å². The number of hydrogen-bond donors (Lipinski definition) is 2. The molecule has 136 valence electrons. The number of aryl methyl sites for hydroxylation is 2. The number of hydrogen-bond acceptors (Lipinski definition) is 4. The van der Waals surface area contributed by atoms with Crippen molar-refractivity contribution in [1.29, 1.82) is 0 Å². The molecular formula is C19H23FN6. The molecule has 2 aromatic heterocycles. The van der Waals surface area contributed by atoms with E-state index in [2.05, 4.69) is 61.5 Å². The molecule has 1 saturated heterocycles. The van der Waals surface area contributed by atoms with Crippen molar-refractivity contribution in [2.24, 2.45) is 5.92 Å². The second kappa shape index (κ2) is 6.99. The van der Waals surface area contributed by atoms with E-state index in [9.17, 15) is 4.39 Å². The van der Waals surface area contributed by atoms with Gasteiger partial charge in [-0.05, 0) is 19.4 Å². The fourth-order valence-corrected chi connectivity index (χ4v) is 3.71. The highest BCUT2D eigenvalue weighted by Crippen LogP contribution is 2.33. The molecule has 0 aliphatic carbocycles. The Morgan fingerprint density at radius 2 is 1.96 bits per heavy atom. The van der Waals surface area contributed by atoms with Gasteiger partial charge in [-0.15, -0.1) is 0 Å². The summed E-state index contributed by atoms with van der Waals surface area (Å²) in [5.41, 5.74) is 4.49. The van der Waals surface area contributed by atoms with Gasteiger partial charge in [0.1, 0.15) is 5.82 Å². The summed E-state index contributed by atoms with van der Waals surface area (Å²) in [6, 6.07) is 8.38. The third-order valence-corrected chi connectivity index (χ3v) is 5.11. The highest BCUT2D eigenvalue weighted by molar-refractivity contribution is 5.62. The highest BCUT2D eigenvalue weighted by Gasteiger charge is 2.36. The van der Waals surface area contributed by atoms with Gasteiger partial charge >= 0.3 is 0 Å². The Bertz CT molecular complexity index is 868. The largest absolute Gasteiger partial charge is 0.298 e. The van der Waals surface area contributed by atoms with E-state index in [-0.39, 0.29) is 18.5 Å². The Hall–Kier alpha value is -2.54. The third kappa shape index (κ3) is 3.26. The number of H-pyrrole nitrogens is 2. The molecule has 1 aliphatic rings. The van der Waals surface area contributed by atoms with Crippen LogP contribution in [0.3, 0.4) is 0 Å². The Morgan fingerprint density at radius 1 is 1.15 bits per heavy atom. The van der Waals surface area contributed by atoms with Crippen molar-refractivity contribution in [3.05, 3.63) is 53.2 Å². The van der Waals surface area contributed by atoms with Gasteiger partial charge < -0.3 is 0 Å². The Balaban J connectivity index is 1.52. The number of alkyl halides is 1. The summed E-state index contributed by atoms with van der Waals surface area (Å²) in [7, 11) is 0. The van der Waals surface area contributed by atoms with Crippen molar-refractivity contribution < 1.29 is 4.39 Å². The Labute approximate surface area is 151 Å². The quantitative estimate of drug-likeness (QED) is 0.739. The van der Waals surface area contributed by atoms with E-state index in [0.29, 0.717) is 6.54 Å². The first-order valence-corrected chi connectivity index (χ1v) is 8.90. The van der Waals surface area contributed by atoms with Crippen LogP contribution in [-0.4, -0.2) is 50.0 Å². The first-order chi connectivity index (χ1) is 12.6. The van der Waals surface area contributed by atoms with Crippen LogP contribution >= 0.6 is 0 Å². The van der Waals surface area contributed by atoms with Gasteiger partial charge in [0, 0.05) is 37.0 Å². The summed E-state index contributed by atoms with van der Waals surface area (Å²) in [5, 5.41) is 14.5. The molecular weight excluding hydrogens is 331 g/mol. The van der Waals surface area contributed by atoms with Crippen molar-refractivity contribution in [3.63, 3.8) is 0 Å². The van der Waals surface area contributed by atoms with Gasteiger partial charge in [0.2, 0.25) is 0 Å². The van der Waals surface area contributed by atoms with E-state index in [1.807, 2.05) is 13.1 Å². The Morgan fingerprint density at radius 3 is 2.65 bits per heavy atom. The first kappa shape index (κ1) is 16.9. The van der Waals surface area contributed by atoms with Crippen molar-refractivity contribution in [1.82, 2.24) is 30.3 Å². The standard InChI is InChI=1S/C19H23FN6/c1-12-3-5-14(6-4-12)18-16(8-21-24-18)10-26-9-15(7-20)17(11-26)19-22-13(2)23-25-19/h3-6,8,15,17H,7,9-11H2,1-2H3,(H,21,24)(H,22,23,25)/t15-,17-/m1/s1. The minimum atomic E-state index is -0.356. The molecule has 1 fully saturated rings. The molecule has 0 saturated carbocycles. The zero-order valence-electron chi connectivity index (χ0n) is 15.0. The monoisotopic (exact) mass is 354 g/mol. The van der Waals surface area contributed by atoms with Crippen molar-refractivity contribution in [2.75, 3.05) is 19.8 Å². The minimum absolute atomic E-state index is 0.0275. The van der Waals surface area contributed by atoms with Gasteiger partial charge in [0.25, 0.3) is 0 Å². The molecule has 2 atom stereocenters. The average molecular weight is 354 g/mol. The molecule has 3 heterocycles. The van der Waals surface area contributed by atoms with Gasteiger partial charge in [-0.2, -0.15) is 10.2 Å². The van der Waals surface area contributed by atoms with Crippen LogP contribution in [-0.2, 0) is 6.54 Å². The van der Waals surface area contributed by atoms with E-state index < -0.39 is 0 Å². The topological polar surface area (TPSA) is 73.5 Å². The maximum absolute atomic E-state index is 13.6. The van der Waals surface area contributed by atoms with Crippen molar-refractivity contribution in [3.8, 4) is 11.3 Å². The lowest BCUT2D eigenvalue weighted by Crippen LogP contribution is -2.20. The lowest BCUT2D eigenvalue weighted by Gasteiger charge is -2.15. The minimum Gasteiger partial charge on any atom is -0.298 e. The molecule has 0 radical (unpaired) electrons. The summed E-state index contributed by atoms with van der Waals surface area (Å²) in [4.78, 5) is 6.68. The number of nitrogens with zero attached hydrogens (tertiary/aromatic N) is 4. The number of rotatable bonds is 5. The predicted octanol–water partition coefficient (Wildman–Crippen LogP) is 3.00. The number of nitrogens with one attached hydrogen (secondary N) is 2. The highest BCUT2D eigenvalue weighted by atomic mass is 19.1. The SMILES string of the molecule is Cc1ccc(-c2[nH]ncc2CN2C[C@@H](CF)[C@H](c3n[nH]c(C)n3)C2)cc1. The van der Waals surface area contributed by atoms with E-state index in [1.165, 1.54) is 5.56 Å². The summed E-state index contributed by atoms with van der Waals surface area (Å²) in [6.07, 6.45) is 1.86. The molecule has 1 aromatic carbocycles. The Kier molecular flexibility index (Phi) is 4.55. The van der Waals surface area contributed by atoms with Gasteiger partial charge in [0.15, 0.2) is 5.82 Å². The lowest BCUT2D eigenvalue weighted by molar-refractivity contribution is 0.296. The smallest absolute Gasteiger partial charge is 0.155 e. The van der Waals surface area contributed by atoms with Crippen LogP contribution in [0.15, 0.2) is 30.5 Å². The molecule has 4 rings (SSSR count). The van der Waals surface area contributed by atoms with Gasteiger partial charge in [-0.3, -0.25) is 19.5 Å². The fraction of sp³-hybridized carbons (Fsp3) is 0.421. The summed E-state index contributed by atoms with van der Waals surface area (Å²) in [6.45, 7) is 5.77. The van der Waals surface area contributed by atoms with E-state index in [1.54, 1.807) is 0 Å². The second-order valence-corrected chi connectivity index (χ2v) is 7.13. The normalized spacial score (nSPS) is 20.7. The average Bonchev–Trinajstić information content (AvgIpc) is 3.35. The summed E-state index contributed by atoms with van der Waals surface area (Å²) >= 11 is 0. The van der Waals surface area contributed by atoms with Crippen molar-refractivity contribution >= 4 is 0 Å². The lowest BCUT2D eigenvalue weighted by atomic mass is 9.97. The molecule has 0 unspecified atom stereocenters. The zero-order valence-corrected chi connectivity index (χ0v) is 15.0. The fourth-order valence-electron chi connectivity index (χ4n) is 3.71. The molecule has 6 nitrogen and oxygen atoms in total. The van der Waals surface area contributed by atoms with Crippen LogP contribution in [0.1, 0.15) is 28.7 Å². The number of aromatic amines is 2. The molecule has 3 aromatic rings. The molecule has 0 spiro atoms. The van der Waals surface area contributed by atoms with Crippen LogP contribution in [0.25, 0.3) is 11.3 Å². The number of likely N-dealkylation sites (tertiary alicyclic amines) is 1. The van der Waals surface area contributed by atoms with Crippen LogP contribution < -0.4 is 0 Å². The van der Waals surface area contributed by atoms with Crippen LogP contribution in [0.5, 0.6) is 0 Å². The zero-order chi connectivity index (χ0) is 18.1. The summed E-state index contributed by atoms with van der Waals surface area (Å²) in [5.74, 6) is 1.45.